The van der Waals surface area contributed by atoms with E-state index in [1.165, 1.54) is 39.3 Å². The van der Waals surface area contributed by atoms with E-state index in [2.05, 4.69) is 22.9 Å². The highest BCUT2D eigenvalue weighted by atomic mass is 32.1. The molecule has 5 nitrogen and oxygen atoms in total. The Balaban J connectivity index is 1.44. The molecule has 3 N–H and O–H groups in total. The average Bonchev–Trinajstić information content (AvgIpc) is 3.18. The third-order valence-electron chi connectivity index (χ3n) is 5.27. The number of carbonyl (C=O) groups excluding carboxylic acids is 1. The minimum Gasteiger partial charge on any atom is -0.487 e. The van der Waals surface area contributed by atoms with E-state index in [-0.39, 0.29) is 6.03 Å². The van der Waals surface area contributed by atoms with Gasteiger partial charge in [0.2, 0.25) is 0 Å². The number of hydrogen-bond donors (Lipinski definition) is 3. The van der Waals surface area contributed by atoms with Crippen LogP contribution in [0.1, 0.15) is 44.8 Å². The molecule has 7 heteroatoms. The third-order valence-corrected chi connectivity index (χ3v) is 7.82. The van der Waals surface area contributed by atoms with Crippen molar-refractivity contribution >= 4 is 33.7 Å². The summed E-state index contributed by atoms with van der Waals surface area (Å²) in [7, 11) is 1.70. The Morgan fingerprint density at radius 1 is 1.15 bits per heavy atom. The minimum absolute atomic E-state index is 0.136. The number of thiophene rings is 2. The lowest BCUT2D eigenvalue weighted by Crippen LogP contribution is -2.29. The normalized spacial score (nSPS) is 15.9. The Kier molecular flexibility index (Phi) is 5.20. The van der Waals surface area contributed by atoms with Crippen molar-refractivity contribution < 1.29 is 9.53 Å². The summed E-state index contributed by atoms with van der Waals surface area (Å²) in [5.74, 6) is 0. The number of amides is 2. The summed E-state index contributed by atoms with van der Waals surface area (Å²) in [5.41, 5.74) is 5.18. The van der Waals surface area contributed by atoms with Crippen molar-refractivity contribution in [2.75, 3.05) is 19.0 Å². The molecule has 26 heavy (non-hydrogen) atoms. The fraction of sp³-hybridized carbons (Fsp3) is 0.526. The van der Waals surface area contributed by atoms with Gasteiger partial charge in [-0.2, -0.15) is 0 Å². The van der Waals surface area contributed by atoms with Gasteiger partial charge in [-0.05, 0) is 62.3 Å². The van der Waals surface area contributed by atoms with Crippen LogP contribution in [-0.2, 0) is 32.4 Å². The predicted octanol–water partition coefficient (Wildman–Crippen LogP) is 3.97. The van der Waals surface area contributed by atoms with E-state index in [9.17, 15) is 4.79 Å². The molecule has 1 aliphatic heterocycles. The van der Waals surface area contributed by atoms with Crippen LogP contribution in [0.5, 0.6) is 5.06 Å². The number of anilines is 1. The molecule has 1 aliphatic carbocycles. The molecule has 0 radical (unpaired) electrons. The SMILES string of the molecule is COc1sc2c(c1CNC(=O)Nc1sc3c(c1C)CCCC3)CCNC2. The van der Waals surface area contributed by atoms with E-state index in [1.807, 2.05) is 0 Å². The first-order valence-electron chi connectivity index (χ1n) is 9.21. The van der Waals surface area contributed by atoms with Crippen molar-refractivity contribution in [2.24, 2.45) is 0 Å². The Bertz CT molecular complexity index is 825. The lowest BCUT2D eigenvalue weighted by molar-refractivity contribution is 0.251. The first-order valence-corrected chi connectivity index (χ1v) is 10.8. The van der Waals surface area contributed by atoms with Crippen molar-refractivity contribution in [2.45, 2.75) is 52.1 Å². The van der Waals surface area contributed by atoms with Gasteiger partial charge < -0.3 is 15.4 Å². The second-order valence-electron chi connectivity index (χ2n) is 6.87. The molecule has 2 aromatic heterocycles. The van der Waals surface area contributed by atoms with Gasteiger partial charge in [-0.3, -0.25) is 5.32 Å². The summed E-state index contributed by atoms with van der Waals surface area (Å²) in [6, 6.07) is -0.136. The molecule has 0 aromatic carbocycles. The monoisotopic (exact) mass is 391 g/mol. The van der Waals surface area contributed by atoms with Crippen molar-refractivity contribution in [3.05, 3.63) is 32.0 Å². The summed E-state index contributed by atoms with van der Waals surface area (Å²) < 4.78 is 5.54. The number of carbonyl (C=O) groups is 1. The number of hydrogen-bond acceptors (Lipinski definition) is 5. The summed E-state index contributed by atoms with van der Waals surface area (Å²) in [5, 5.41) is 11.4. The van der Waals surface area contributed by atoms with Gasteiger partial charge in [0.15, 0.2) is 5.06 Å². The molecule has 2 amide bonds. The molecule has 4 rings (SSSR count). The Morgan fingerprint density at radius 3 is 2.81 bits per heavy atom. The van der Waals surface area contributed by atoms with Crippen LogP contribution in [0, 0.1) is 6.92 Å². The highest BCUT2D eigenvalue weighted by Gasteiger charge is 2.22. The first-order chi connectivity index (χ1) is 12.7. The minimum atomic E-state index is -0.136. The maximum absolute atomic E-state index is 12.5. The maximum Gasteiger partial charge on any atom is 0.320 e. The average molecular weight is 392 g/mol. The van der Waals surface area contributed by atoms with E-state index in [4.69, 9.17) is 4.74 Å². The van der Waals surface area contributed by atoms with Crippen LogP contribution in [0.2, 0.25) is 0 Å². The Labute approximate surface area is 162 Å². The van der Waals surface area contributed by atoms with Gasteiger partial charge in [0.25, 0.3) is 0 Å². The van der Waals surface area contributed by atoms with Crippen LogP contribution in [0.4, 0.5) is 9.80 Å². The zero-order valence-electron chi connectivity index (χ0n) is 15.3. The molecule has 0 spiro atoms. The largest absolute Gasteiger partial charge is 0.487 e. The number of rotatable bonds is 4. The summed E-state index contributed by atoms with van der Waals surface area (Å²) in [4.78, 5) is 15.3. The van der Waals surface area contributed by atoms with Crippen LogP contribution in [-0.4, -0.2) is 19.7 Å². The number of nitrogens with one attached hydrogen (secondary N) is 3. The number of ether oxygens (including phenoxy) is 1. The zero-order valence-corrected chi connectivity index (χ0v) is 16.9. The van der Waals surface area contributed by atoms with Gasteiger partial charge >= 0.3 is 6.03 Å². The number of aryl methyl sites for hydroxylation is 1. The Hall–Kier alpha value is -1.57. The molecule has 2 aromatic rings. The molecule has 140 valence electrons. The number of methoxy groups -OCH3 is 1. The van der Waals surface area contributed by atoms with Gasteiger partial charge in [0, 0.05) is 28.4 Å². The predicted molar refractivity (Wildman–Crippen MR) is 108 cm³/mol. The maximum atomic E-state index is 12.5. The van der Waals surface area contributed by atoms with Gasteiger partial charge in [-0.1, -0.05) is 0 Å². The second kappa shape index (κ2) is 7.58. The van der Waals surface area contributed by atoms with Gasteiger partial charge in [0.1, 0.15) is 0 Å². The van der Waals surface area contributed by atoms with E-state index in [1.54, 1.807) is 29.8 Å². The number of urea groups is 1. The zero-order chi connectivity index (χ0) is 18.1. The third kappa shape index (κ3) is 3.35. The Morgan fingerprint density at radius 2 is 2.00 bits per heavy atom. The van der Waals surface area contributed by atoms with Crippen LogP contribution in [0.25, 0.3) is 0 Å². The van der Waals surface area contributed by atoms with Gasteiger partial charge in [0.05, 0.1) is 12.1 Å². The molecule has 0 bridgehead atoms. The van der Waals surface area contributed by atoms with Crippen molar-refractivity contribution in [1.29, 1.82) is 0 Å². The van der Waals surface area contributed by atoms with Crippen LogP contribution in [0.15, 0.2) is 0 Å². The smallest absolute Gasteiger partial charge is 0.320 e. The molecule has 0 atom stereocenters. The second-order valence-corrected chi connectivity index (χ2v) is 9.05. The van der Waals surface area contributed by atoms with E-state index >= 15 is 0 Å². The fourth-order valence-electron chi connectivity index (χ4n) is 3.88. The highest BCUT2D eigenvalue weighted by molar-refractivity contribution is 7.16. The first kappa shape index (κ1) is 17.8. The lowest BCUT2D eigenvalue weighted by atomic mass is 9.96. The van der Waals surface area contributed by atoms with Crippen molar-refractivity contribution in [1.82, 2.24) is 10.6 Å². The van der Waals surface area contributed by atoms with Crippen molar-refractivity contribution in [3.8, 4) is 5.06 Å². The summed E-state index contributed by atoms with van der Waals surface area (Å²) in [6.07, 6.45) is 5.80. The van der Waals surface area contributed by atoms with E-state index in [0.717, 1.165) is 48.0 Å². The molecule has 0 saturated carbocycles. The topological polar surface area (TPSA) is 62.4 Å². The van der Waals surface area contributed by atoms with Crippen LogP contribution in [0.3, 0.4) is 0 Å². The molecule has 0 fully saturated rings. The van der Waals surface area contributed by atoms with Gasteiger partial charge in [-0.25, -0.2) is 4.79 Å². The fourth-order valence-corrected chi connectivity index (χ4v) is 6.32. The molecule has 0 unspecified atom stereocenters. The van der Waals surface area contributed by atoms with E-state index in [0.29, 0.717) is 6.54 Å². The number of fused-ring (bicyclic) bond motifs is 2. The van der Waals surface area contributed by atoms with Gasteiger partial charge in [-0.15, -0.1) is 22.7 Å². The van der Waals surface area contributed by atoms with Crippen LogP contribution >= 0.6 is 22.7 Å². The lowest BCUT2D eigenvalue weighted by Gasteiger charge is -2.14. The van der Waals surface area contributed by atoms with E-state index < -0.39 is 0 Å². The standard InChI is InChI=1S/C19H25N3O2S2/c1-11-12-5-3-4-6-15(12)25-17(11)22-19(23)21-9-14-13-7-8-20-10-16(13)26-18(14)24-2/h20H,3-10H2,1-2H3,(H2,21,22,23). The van der Waals surface area contributed by atoms with Crippen molar-refractivity contribution in [3.63, 3.8) is 0 Å². The molecular weight excluding hydrogens is 366 g/mol. The summed E-state index contributed by atoms with van der Waals surface area (Å²) in [6.45, 7) is 4.50. The van der Waals surface area contributed by atoms with Crippen LogP contribution < -0.4 is 20.7 Å². The highest BCUT2D eigenvalue weighted by Crippen LogP contribution is 2.38. The quantitative estimate of drug-likeness (QED) is 0.739. The molecule has 0 saturated heterocycles. The summed E-state index contributed by atoms with van der Waals surface area (Å²) >= 11 is 3.43. The molecule has 3 heterocycles. The molecular formula is C19H25N3O2S2. The molecule has 2 aliphatic rings.